The van der Waals surface area contributed by atoms with Gasteiger partial charge in [-0.2, -0.15) is 0 Å². The zero-order chi connectivity index (χ0) is 15.5. The molecule has 22 heavy (non-hydrogen) atoms. The summed E-state index contributed by atoms with van der Waals surface area (Å²) in [6.45, 7) is 7.02. The first kappa shape index (κ1) is 14.7. The zero-order valence-corrected chi connectivity index (χ0v) is 13.9. The minimum atomic E-state index is -0.308. The first-order valence-corrected chi connectivity index (χ1v) is 8.38. The van der Waals surface area contributed by atoms with Gasteiger partial charge in [0.05, 0.1) is 11.7 Å². The van der Waals surface area contributed by atoms with Gasteiger partial charge < -0.3 is 14.0 Å². The van der Waals surface area contributed by atoms with Crippen molar-refractivity contribution < 1.29 is 14.0 Å². The Bertz CT molecular complexity index is 561. The molecule has 2 bridgehead atoms. The molecule has 0 aromatic heterocycles. The lowest BCUT2D eigenvalue weighted by molar-refractivity contribution is -0.199. The third-order valence-corrected chi connectivity index (χ3v) is 6.60. The average molecular weight is 300 g/mol. The van der Waals surface area contributed by atoms with Crippen molar-refractivity contribution in [3.63, 3.8) is 0 Å². The maximum absolute atomic E-state index is 6.50. The summed E-state index contributed by atoms with van der Waals surface area (Å²) >= 11 is 0. The predicted molar refractivity (Wildman–Crippen MR) is 86.3 cm³/mol. The Balaban J connectivity index is 1.59. The Hall–Kier alpha value is -0.835. The van der Waals surface area contributed by atoms with Crippen LogP contribution in [0.25, 0.3) is 0 Å². The van der Waals surface area contributed by atoms with E-state index in [9.17, 15) is 0 Å². The van der Waals surface area contributed by atoms with E-state index in [1.807, 2.05) is 18.2 Å². The Labute approximate surface area is 133 Å². The standard InChI is InChI=1S/C18H25BO3/c1-17(2)13-10-14(17)18(3)15(11-13)21-19(22-18)16(20-4)12-8-6-5-7-9-12/h5-9,13-16H,10-11H2,1-4H3/t13-,14-,15?,16+,18-/m0/s1. The van der Waals surface area contributed by atoms with Gasteiger partial charge in [-0.25, -0.2) is 0 Å². The van der Waals surface area contributed by atoms with E-state index in [0.717, 1.165) is 17.9 Å². The molecule has 4 heteroatoms. The van der Waals surface area contributed by atoms with Crippen LogP contribution in [0.4, 0.5) is 0 Å². The van der Waals surface area contributed by atoms with Crippen LogP contribution < -0.4 is 0 Å². The molecule has 0 radical (unpaired) electrons. The molecule has 5 rings (SSSR count). The molecule has 1 aromatic carbocycles. The molecule has 3 aliphatic carbocycles. The Morgan fingerprint density at radius 3 is 2.55 bits per heavy atom. The van der Waals surface area contributed by atoms with E-state index in [1.165, 1.54) is 6.42 Å². The third-order valence-electron chi connectivity index (χ3n) is 6.60. The third kappa shape index (κ3) is 1.87. The molecule has 0 spiro atoms. The van der Waals surface area contributed by atoms with Gasteiger partial charge >= 0.3 is 7.12 Å². The second-order valence-electron chi connectivity index (χ2n) is 7.90. The normalized spacial score (nSPS) is 40.0. The van der Waals surface area contributed by atoms with Crippen LogP contribution >= 0.6 is 0 Å². The topological polar surface area (TPSA) is 27.7 Å². The van der Waals surface area contributed by atoms with Crippen LogP contribution in [0.1, 0.15) is 45.2 Å². The van der Waals surface area contributed by atoms with Gasteiger partial charge in [0.1, 0.15) is 6.00 Å². The average Bonchev–Trinajstić information content (AvgIpc) is 2.85. The zero-order valence-electron chi connectivity index (χ0n) is 13.9. The highest BCUT2D eigenvalue weighted by atomic mass is 16.7. The molecular formula is C18H25BO3. The number of hydrogen-bond acceptors (Lipinski definition) is 3. The molecule has 1 unspecified atom stereocenters. The predicted octanol–water partition coefficient (Wildman–Crippen LogP) is 3.64. The van der Waals surface area contributed by atoms with Gasteiger partial charge in [0.15, 0.2) is 0 Å². The van der Waals surface area contributed by atoms with Gasteiger partial charge in [-0.15, -0.1) is 0 Å². The number of ether oxygens (including phenoxy) is 1. The molecule has 4 aliphatic rings. The number of methoxy groups -OCH3 is 1. The monoisotopic (exact) mass is 300 g/mol. The van der Waals surface area contributed by atoms with Crippen LogP contribution in [0.2, 0.25) is 0 Å². The van der Waals surface area contributed by atoms with Crippen molar-refractivity contribution in [3.05, 3.63) is 35.9 Å². The largest absolute Gasteiger partial charge is 0.493 e. The summed E-state index contributed by atoms with van der Waals surface area (Å²) in [6.07, 6.45) is 2.59. The lowest BCUT2D eigenvalue weighted by atomic mass is 9.43. The fourth-order valence-corrected chi connectivity index (χ4v) is 5.07. The maximum atomic E-state index is 6.50. The van der Waals surface area contributed by atoms with Crippen LogP contribution in [-0.4, -0.2) is 25.9 Å². The summed E-state index contributed by atoms with van der Waals surface area (Å²) in [5, 5.41) is 0. The first-order valence-electron chi connectivity index (χ1n) is 8.38. The fraction of sp³-hybridized carbons (Fsp3) is 0.667. The summed E-state index contributed by atoms with van der Waals surface area (Å²) < 4.78 is 18.5. The van der Waals surface area contributed by atoms with Crippen LogP contribution in [0.5, 0.6) is 0 Å². The molecule has 118 valence electrons. The highest BCUT2D eigenvalue weighted by molar-refractivity contribution is 6.47. The summed E-state index contributed by atoms with van der Waals surface area (Å²) in [6, 6.07) is 10.1. The van der Waals surface area contributed by atoms with Crippen molar-refractivity contribution in [3.8, 4) is 0 Å². The van der Waals surface area contributed by atoms with Gasteiger partial charge in [0.2, 0.25) is 0 Å². The molecule has 1 saturated heterocycles. The van der Waals surface area contributed by atoms with E-state index in [2.05, 4.69) is 32.9 Å². The quantitative estimate of drug-likeness (QED) is 0.798. The molecule has 0 amide bonds. The van der Waals surface area contributed by atoms with Crippen molar-refractivity contribution in [1.29, 1.82) is 0 Å². The minimum Gasteiger partial charge on any atom is -0.403 e. The highest BCUT2D eigenvalue weighted by Gasteiger charge is 2.68. The van der Waals surface area contributed by atoms with E-state index < -0.39 is 0 Å². The SMILES string of the molecule is CO[C@@H](B1OC2C[C@@H]3C[C@@H](C3(C)C)[C@]2(C)O1)c1ccccc1. The number of benzene rings is 1. The summed E-state index contributed by atoms with van der Waals surface area (Å²) in [4.78, 5) is 0. The van der Waals surface area contributed by atoms with Crippen molar-refractivity contribution in [1.82, 2.24) is 0 Å². The lowest BCUT2D eigenvalue weighted by Gasteiger charge is -2.64. The Morgan fingerprint density at radius 2 is 1.91 bits per heavy atom. The first-order chi connectivity index (χ1) is 10.5. The van der Waals surface area contributed by atoms with Crippen LogP contribution in [0.3, 0.4) is 0 Å². The highest BCUT2D eigenvalue weighted by Crippen LogP contribution is 2.66. The molecule has 5 atom stereocenters. The summed E-state index contributed by atoms with van der Waals surface area (Å²) in [5.74, 6) is 1.36. The van der Waals surface area contributed by atoms with E-state index in [0.29, 0.717) is 11.3 Å². The van der Waals surface area contributed by atoms with E-state index >= 15 is 0 Å². The van der Waals surface area contributed by atoms with Crippen molar-refractivity contribution in [2.24, 2.45) is 17.3 Å². The van der Waals surface area contributed by atoms with Crippen LogP contribution in [0.15, 0.2) is 30.3 Å². The van der Waals surface area contributed by atoms with Crippen LogP contribution in [-0.2, 0) is 14.0 Å². The second-order valence-corrected chi connectivity index (χ2v) is 7.90. The van der Waals surface area contributed by atoms with Crippen molar-refractivity contribution in [2.45, 2.75) is 51.3 Å². The molecule has 1 heterocycles. The molecule has 1 aliphatic heterocycles. The Kier molecular flexibility index (Phi) is 3.23. The maximum Gasteiger partial charge on any atom is 0.493 e. The van der Waals surface area contributed by atoms with Gasteiger partial charge in [0.25, 0.3) is 0 Å². The molecule has 1 aromatic rings. The summed E-state index contributed by atoms with van der Waals surface area (Å²) in [7, 11) is 1.43. The van der Waals surface area contributed by atoms with Crippen molar-refractivity contribution in [2.75, 3.05) is 7.11 Å². The van der Waals surface area contributed by atoms with Gasteiger partial charge in [0, 0.05) is 7.11 Å². The van der Waals surface area contributed by atoms with Gasteiger partial charge in [-0.1, -0.05) is 44.2 Å². The minimum absolute atomic E-state index is 0.163. The number of rotatable bonds is 3. The molecule has 0 N–H and O–H groups in total. The van der Waals surface area contributed by atoms with E-state index in [4.69, 9.17) is 14.0 Å². The molecule has 4 fully saturated rings. The van der Waals surface area contributed by atoms with E-state index in [1.54, 1.807) is 7.11 Å². The smallest absolute Gasteiger partial charge is 0.403 e. The van der Waals surface area contributed by atoms with Gasteiger partial charge in [-0.3, -0.25) is 0 Å². The Morgan fingerprint density at radius 1 is 1.18 bits per heavy atom. The van der Waals surface area contributed by atoms with E-state index in [-0.39, 0.29) is 24.8 Å². The van der Waals surface area contributed by atoms with Crippen molar-refractivity contribution >= 4 is 7.12 Å². The van der Waals surface area contributed by atoms with Gasteiger partial charge in [-0.05, 0) is 42.6 Å². The lowest BCUT2D eigenvalue weighted by Crippen LogP contribution is -2.65. The molecule has 3 saturated carbocycles. The van der Waals surface area contributed by atoms with Crippen LogP contribution in [0, 0.1) is 17.3 Å². The summed E-state index contributed by atoms with van der Waals surface area (Å²) in [5.41, 5.74) is 1.32. The second kappa shape index (κ2) is 4.83. The molecular weight excluding hydrogens is 275 g/mol. The molecule has 3 nitrogen and oxygen atoms in total. The fourth-order valence-electron chi connectivity index (χ4n) is 5.07. The number of hydrogen-bond donors (Lipinski definition) is 0.